The van der Waals surface area contributed by atoms with Gasteiger partial charge < -0.3 is 19.2 Å². The van der Waals surface area contributed by atoms with Gasteiger partial charge in [0.25, 0.3) is 5.89 Å². The van der Waals surface area contributed by atoms with E-state index in [-0.39, 0.29) is 12.0 Å². The minimum absolute atomic E-state index is 0.246. The molecular formula is C23H31N5O3. The first-order valence-corrected chi connectivity index (χ1v) is 11.4. The van der Waals surface area contributed by atoms with Crippen molar-refractivity contribution in [2.24, 2.45) is 0 Å². The number of β-amino-alcohol motifs (C(OH)–C–C–N with tert-alkyl or cyclic N) is 1. The van der Waals surface area contributed by atoms with Crippen LogP contribution in [0.15, 0.2) is 28.7 Å². The van der Waals surface area contributed by atoms with Crippen molar-refractivity contribution in [3.8, 4) is 11.6 Å². The molecule has 0 saturated carbocycles. The molecule has 2 fully saturated rings. The SMILES string of the molecule is CC(C)n1nc(-c2nnc(C3CCN(CC4(O)CCOCC4)CC3)o2)c2ccccc21. The summed E-state index contributed by atoms with van der Waals surface area (Å²) in [4.78, 5) is 2.36. The van der Waals surface area contributed by atoms with E-state index in [0.29, 0.717) is 25.0 Å². The third kappa shape index (κ3) is 4.12. The van der Waals surface area contributed by atoms with Crippen LogP contribution in [0.25, 0.3) is 22.5 Å². The number of ether oxygens (including phenoxy) is 1. The van der Waals surface area contributed by atoms with Crippen molar-refractivity contribution in [2.75, 3.05) is 32.8 Å². The summed E-state index contributed by atoms with van der Waals surface area (Å²) in [6, 6.07) is 8.41. The van der Waals surface area contributed by atoms with Gasteiger partial charge in [0.1, 0.15) is 0 Å². The van der Waals surface area contributed by atoms with Gasteiger partial charge in [-0.25, -0.2) is 0 Å². The Bertz CT molecular complexity index is 1030. The van der Waals surface area contributed by atoms with Crippen molar-refractivity contribution in [3.63, 3.8) is 0 Å². The zero-order valence-electron chi connectivity index (χ0n) is 18.3. The summed E-state index contributed by atoms with van der Waals surface area (Å²) in [7, 11) is 0. The molecular weight excluding hydrogens is 394 g/mol. The lowest BCUT2D eigenvalue weighted by Gasteiger charge is -2.39. The van der Waals surface area contributed by atoms with E-state index in [1.165, 1.54) is 0 Å². The topological polar surface area (TPSA) is 89.4 Å². The lowest BCUT2D eigenvalue weighted by atomic mass is 9.91. The van der Waals surface area contributed by atoms with Gasteiger partial charge in [-0.15, -0.1) is 10.2 Å². The van der Waals surface area contributed by atoms with E-state index in [9.17, 15) is 5.11 Å². The number of fused-ring (bicyclic) bond motifs is 1. The molecule has 3 aromatic rings. The minimum Gasteiger partial charge on any atom is -0.419 e. The molecule has 0 amide bonds. The zero-order chi connectivity index (χ0) is 21.4. The average Bonchev–Trinajstić information content (AvgIpc) is 3.40. The fourth-order valence-corrected chi connectivity index (χ4v) is 4.80. The van der Waals surface area contributed by atoms with E-state index in [0.717, 1.165) is 61.9 Å². The molecule has 8 nitrogen and oxygen atoms in total. The second-order valence-corrected chi connectivity index (χ2v) is 9.24. The van der Waals surface area contributed by atoms with E-state index in [4.69, 9.17) is 14.3 Å². The van der Waals surface area contributed by atoms with Crippen LogP contribution in [0.3, 0.4) is 0 Å². The molecule has 4 heterocycles. The third-order valence-corrected chi connectivity index (χ3v) is 6.62. The van der Waals surface area contributed by atoms with Crippen LogP contribution in [0.4, 0.5) is 0 Å². The monoisotopic (exact) mass is 425 g/mol. The minimum atomic E-state index is -0.612. The summed E-state index contributed by atoms with van der Waals surface area (Å²) in [5.41, 5.74) is 1.22. The normalized spacial score (nSPS) is 20.6. The fourth-order valence-electron chi connectivity index (χ4n) is 4.80. The highest BCUT2D eigenvalue weighted by Gasteiger charge is 2.34. The summed E-state index contributed by atoms with van der Waals surface area (Å²) in [5, 5.41) is 25.3. The van der Waals surface area contributed by atoms with Gasteiger partial charge in [-0.1, -0.05) is 18.2 Å². The summed E-state index contributed by atoms with van der Waals surface area (Å²) in [6.45, 7) is 8.11. The first kappa shape index (κ1) is 20.6. The Balaban J connectivity index is 1.28. The molecule has 0 atom stereocenters. The number of nitrogens with zero attached hydrogens (tertiary/aromatic N) is 5. The summed E-state index contributed by atoms with van der Waals surface area (Å²) < 4.78 is 13.5. The number of aliphatic hydroxyl groups is 1. The van der Waals surface area contributed by atoms with Crippen LogP contribution in [0, 0.1) is 0 Å². The van der Waals surface area contributed by atoms with Crippen LogP contribution < -0.4 is 0 Å². The molecule has 2 aliphatic heterocycles. The van der Waals surface area contributed by atoms with E-state index < -0.39 is 5.60 Å². The van der Waals surface area contributed by atoms with Crippen molar-refractivity contribution in [3.05, 3.63) is 30.2 Å². The van der Waals surface area contributed by atoms with Crippen LogP contribution in [-0.2, 0) is 4.74 Å². The summed E-state index contributed by atoms with van der Waals surface area (Å²) in [5.74, 6) is 1.44. The van der Waals surface area contributed by atoms with E-state index in [1.807, 2.05) is 16.8 Å². The highest BCUT2D eigenvalue weighted by atomic mass is 16.5. The second kappa shape index (κ2) is 8.33. The Labute approximate surface area is 182 Å². The van der Waals surface area contributed by atoms with Gasteiger partial charge >= 0.3 is 0 Å². The molecule has 1 N–H and O–H groups in total. The molecule has 5 rings (SSSR count). The molecule has 8 heteroatoms. The molecule has 2 saturated heterocycles. The third-order valence-electron chi connectivity index (χ3n) is 6.62. The van der Waals surface area contributed by atoms with E-state index in [2.05, 4.69) is 41.1 Å². The zero-order valence-corrected chi connectivity index (χ0v) is 18.3. The van der Waals surface area contributed by atoms with E-state index in [1.54, 1.807) is 0 Å². The van der Waals surface area contributed by atoms with Crippen LogP contribution in [-0.4, -0.2) is 68.4 Å². The lowest BCUT2D eigenvalue weighted by molar-refractivity contribution is -0.0822. The number of likely N-dealkylation sites (tertiary alicyclic amines) is 1. The predicted molar refractivity (Wildman–Crippen MR) is 117 cm³/mol. The van der Waals surface area contributed by atoms with Crippen LogP contribution >= 0.6 is 0 Å². The van der Waals surface area contributed by atoms with Gasteiger partial charge in [-0.05, 0) is 45.8 Å². The molecule has 31 heavy (non-hydrogen) atoms. The van der Waals surface area contributed by atoms with Crippen LogP contribution in [0.2, 0.25) is 0 Å². The van der Waals surface area contributed by atoms with Gasteiger partial charge in [0, 0.05) is 49.9 Å². The van der Waals surface area contributed by atoms with Gasteiger partial charge in [-0.2, -0.15) is 5.10 Å². The van der Waals surface area contributed by atoms with Crippen LogP contribution in [0.5, 0.6) is 0 Å². The number of rotatable bonds is 5. The largest absolute Gasteiger partial charge is 0.419 e. The Kier molecular flexibility index (Phi) is 5.54. The molecule has 0 unspecified atom stereocenters. The maximum Gasteiger partial charge on any atom is 0.268 e. The van der Waals surface area contributed by atoms with Gasteiger partial charge in [-0.3, -0.25) is 4.68 Å². The van der Waals surface area contributed by atoms with Gasteiger partial charge in [0.2, 0.25) is 5.89 Å². The maximum absolute atomic E-state index is 10.8. The van der Waals surface area contributed by atoms with Crippen LogP contribution in [0.1, 0.15) is 57.4 Å². The standard InChI is InChI=1S/C23H31N5O3/c1-16(2)28-19-6-4-3-5-18(19)20(26-28)22-25-24-21(31-22)17-7-11-27(12-8-17)15-23(29)9-13-30-14-10-23/h3-6,16-17,29H,7-15H2,1-2H3. The molecule has 0 bridgehead atoms. The quantitative estimate of drug-likeness (QED) is 0.670. The Morgan fingerprint density at radius 1 is 1.13 bits per heavy atom. The smallest absolute Gasteiger partial charge is 0.268 e. The Morgan fingerprint density at radius 2 is 1.87 bits per heavy atom. The highest BCUT2D eigenvalue weighted by molar-refractivity contribution is 5.91. The van der Waals surface area contributed by atoms with Crippen molar-refractivity contribution in [1.29, 1.82) is 0 Å². The average molecular weight is 426 g/mol. The van der Waals surface area contributed by atoms with Crippen molar-refractivity contribution < 1.29 is 14.3 Å². The number of hydrogen-bond donors (Lipinski definition) is 1. The number of benzene rings is 1. The molecule has 0 aliphatic carbocycles. The summed E-state index contributed by atoms with van der Waals surface area (Å²) in [6.07, 6.45) is 3.35. The molecule has 166 valence electrons. The Hall–Kier alpha value is -2.29. The molecule has 2 aromatic heterocycles. The highest BCUT2D eigenvalue weighted by Crippen LogP contribution is 2.33. The van der Waals surface area contributed by atoms with Crippen molar-refractivity contribution in [1.82, 2.24) is 24.9 Å². The van der Waals surface area contributed by atoms with Crippen molar-refractivity contribution >= 4 is 10.9 Å². The number of aromatic nitrogens is 4. The number of para-hydroxylation sites is 1. The van der Waals surface area contributed by atoms with E-state index >= 15 is 0 Å². The summed E-state index contributed by atoms with van der Waals surface area (Å²) >= 11 is 0. The molecule has 2 aliphatic rings. The molecule has 0 radical (unpaired) electrons. The first-order valence-electron chi connectivity index (χ1n) is 11.4. The molecule has 0 spiro atoms. The maximum atomic E-state index is 10.8. The number of piperidine rings is 1. The van der Waals surface area contributed by atoms with Gasteiger partial charge in [0.15, 0.2) is 5.69 Å². The fraction of sp³-hybridized carbons (Fsp3) is 0.609. The Morgan fingerprint density at radius 3 is 2.61 bits per heavy atom. The van der Waals surface area contributed by atoms with Gasteiger partial charge in [0.05, 0.1) is 11.1 Å². The molecule has 1 aromatic carbocycles. The lowest BCUT2D eigenvalue weighted by Crippen LogP contribution is -2.48. The number of hydrogen-bond acceptors (Lipinski definition) is 7. The van der Waals surface area contributed by atoms with Crippen molar-refractivity contribution in [2.45, 2.75) is 57.1 Å². The predicted octanol–water partition coefficient (Wildman–Crippen LogP) is 3.39. The second-order valence-electron chi connectivity index (χ2n) is 9.24. The first-order chi connectivity index (χ1) is 15.0.